The molecule has 0 atom stereocenters. The van der Waals surface area contributed by atoms with Crippen molar-refractivity contribution in [2.75, 3.05) is 0 Å². The highest BCUT2D eigenvalue weighted by molar-refractivity contribution is 6.08. The van der Waals surface area contributed by atoms with E-state index >= 15 is 0 Å². The van der Waals surface area contributed by atoms with Crippen molar-refractivity contribution in [2.45, 2.75) is 6.42 Å². The summed E-state index contributed by atoms with van der Waals surface area (Å²) in [5, 5.41) is 3.10. The van der Waals surface area contributed by atoms with Crippen LogP contribution in [0.5, 0.6) is 0 Å². The Labute approximate surface area is 138 Å². The minimum Gasteiger partial charge on any atom is -0.294 e. The van der Waals surface area contributed by atoms with Gasteiger partial charge in [-0.3, -0.25) is 9.78 Å². The van der Waals surface area contributed by atoms with Gasteiger partial charge in [0.05, 0.1) is 17.6 Å². The van der Waals surface area contributed by atoms with Crippen LogP contribution in [0.2, 0.25) is 0 Å². The number of fused-ring (bicyclic) bond motifs is 3. The molecule has 3 aromatic carbocycles. The Kier molecular flexibility index (Phi) is 3.54. The van der Waals surface area contributed by atoms with E-state index in [-0.39, 0.29) is 12.2 Å². The number of Topliss-reactive ketones (excluding diaryl/α,β-unsaturated/α-hetero) is 1. The summed E-state index contributed by atoms with van der Waals surface area (Å²) < 4.78 is 13.4. The van der Waals surface area contributed by atoms with Crippen LogP contribution in [-0.4, -0.2) is 10.8 Å². The predicted molar refractivity (Wildman–Crippen MR) is 93.7 cm³/mol. The lowest BCUT2D eigenvalue weighted by Crippen LogP contribution is -2.06. The average molecular weight is 315 g/mol. The number of ketones is 1. The summed E-state index contributed by atoms with van der Waals surface area (Å²) in [6.07, 6.45) is 0.148. The van der Waals surface area contributed by atoms with Gasteiger partial charge in [0.25, 0.3) is 0 Å². The van der Waals surface area contributed by atoms with Crippen molar-refractivity contribution >= 4 is 27.5 Å². The van der Waals surface area contributed by atoms with Gasteiger partial charge in [0, 0.05) is 16.3 Å². The molecule has 3 heteroatoms. The monoisotopic (exact) mass is 315 g/mol. The third-order valence-electron chi connectivity index (χ3n) is 4.16. The van der Waals surface area contributed by atoms with Gasteiger partial charge < -0.3 is 0 Å². The lowest BCUT2D eigenvalue weighted by molar-refractivity contribution is 0.0992. The zero-order chi connectivity index (χ0) is 16.5. The lowest BCUT2D eigenvalue weighted by Gasteiger charge is -2.09. The Balaban J connectivity index is 1.85. The van der Waals surface area contributed by atoms with Gasteiger partial charge in [-0.1, -0.05) is 54.6 Å². The summed E-state index contributed by atoms with van der Waals surface area (Å²) in [4.78, 5) is 17.2. The molecule has 24 heavy (non-hydrogen) atoms. The molecular weight excluding hydrogens is 301 g/mol. The molecule has 1 heterocycles. The second-order valence-corrected chi connectivity index (χ2v) is 5.73. The molecule has 0 saturated carbocycles. The highest BCUT2D eigenvalue weighted by Gasteiger charge is 2.13. The number of pyridine rings is 1. The molecular formula is C21H14FNO. The normalized spacial score (nSPS) is 11.0. The zero-order valence-electron chi connectivity index (χ0n) is 12.9. The maximum absolute atomic E-state index is 13.4. The summed E-state index contributed by atoms with van der Waals surface area (Å²) in [5.74, 6) is -0.542. The van der Waals surface area contributed by atoms with Crippen LogP contribution in [0.15, 0.2) is 72.8 Å². The minimum absolute atomic E-state index is 0.137. The fraction of sp³-hybridized carbons (Fsp3) is 0.0476. The minimum atomic E-state index is -0.405. The first-order valence-electron chi connectivity index (χ1n) is 7.77. The van der Waals surface area contributed by atoms with E-state index < -0.39 is 5.82 Å². The maximum atomic E-state index is 13.4. The number of hydrogen-bond acceptors (Lipinski definition) is 2. The zero-order valence-corrected chi connectivity index (χ0v) is 12.9. The van der Waals surface area contributed by atoms with E-state index in [1.54, 1.807) is 12.1 Å². The van der Waals surface area contributed by atoms with Crippen molar-refractivity contribution in [3.63, 3.8) is 0 Å². The Morgan fingerprint density at radius 1 is 0.833 bits per heavy atom. The number of nitrogens with zero attached hydrogens (tertiary/aromatic N) is 1. The van der Waals surface area contributed by atoms with Crippen molar-refractivity contribution in [1.82, 2.24) is 4.98 Å². The van der Waals surface area contributed by atoms with Gasteiger partial charge in [0.2, 0.25) is 0 Å². The van der Waals surface area contributed by atoms with Crippen LogP contribution < -0.4 is 0 Å². The summed E-state index contributed by atoms with van der Waals surface area (Å²) in [5.41, 5.74) is 1.95. The molecule has 0 radical (unpaired) electrons. The van der Waals surface area contributed by atoms with E-state index in [1.165, 1.54) is 12.1 Å². The van der Waals surface area contributed by atoms with E-state index in [1.807, 2.05) is 48.5 Å². The van der Waals surface area contributed by atoms with E-state index in [9.17, 15) is 9.18 Å². The quantitative estimate of drug-likeness (QED) is 0.395. The number of rotatable bonds is 3. The molecule has 0 aliphatic heterocycles. The summed E-state index contributed by atoms with van der Waals surface area (Å²) in [6.45, 7) is 0. The molecule has 4 rings (SSSR count). The van der Waals surface area contributed by atoms with E-state index in [4.69, 9.17) is 0 Å². The second-order valence-electron chi connectivity index (χ2n) is 5.73. The van der Waals surface area contributed by atoms with Crippen LogP contribution in [0.25, 0.3) is 21.7 Å². The molecule has 0 aliphatic carbocycles. The number of hydrogen-bond donors (Lipinski definition) is 0. The highest BCUT2D eigenvalue weighted by atomic mass is 19.1. The molecule has 0 aliphatic rings. The highest BCUT2D eigenvalue weighted by Crippen LogP contribution is 2.27. The number of para-hydroxylation sites is 1. The largest absolute Gasteiger partial charge is 0.294 e. The topological polar surface area (TPSA) is 30.0 Å². The third-order valence-corrected chi connectivity index (χ3v) is 4.16. The summed E-state index contributed by atoms with van der Waals surface area (Å²) >= 11 is 0. The fourth-order valence-electron chi connectivity index (χ4n) is 3.02. The van der Waals surface area contributed by atoms with E-state index in [0.717, 1.165) is 27.4 Å². The maximum Gasteiger partial charge on any atom is 0.168 e. The van der Waals surface area contributed by atoms with Gasteiger partial charge in [-0.05, 0) is 23.6 Å². The fourth-order valence-corrected chi connectivity index (χ4v) is 3.02. The van der Waals surface area contributed by atoms with E-state index in [2.05, 4.69) is 4.98 Å². The van der Waals surface area contributed by atoms with Gasteiger partial charge in [0.1, 0.15) is 5.82 Å². The lowest BCUT2D eigenvalue weighted by atomic mass is 9.99. The number of carbonyl (C=O) groups is 1. The van der Waals surface area contributed by atoms with Crippen molar-refractivity contribution in [1.29, 1.82) is 0 Å². The van der Waals surface area contributed by atoms with Crippen LogP contribution in [0.3, 0.4) is 0 Å². The second kappa shape index (κ2) is 5.85. The molecule has 0 N–H and O–H groups in total. The Hall–Kier alpha value is -3.07. The number of benzene rings is 3. The van der Waals surface area contributed by atoms with Gasteiger partial charge in [-0.15, -0.1) is 0 Å². The smallest absolute Gasteiger partial charge is 0.168 e. The predicted octanol–water partition coefficient (Wildman–Crippen LogP) is 4.95. The van der Waals surface area contributed by atoms with Crippen molar-refractivity contribution in [2.24, 2.45) is 0 Å². The molecule has 0 fully saturated rings. The van der Waals surface area contributed by atoms with Crippen LogP contribution in [0, 0.1) is 5.82 Å². The number of aromatic nitrogens is 1. The first-order chi connectivity index (χ1) is 11.7. The molecule has 0 saturated heterocycles. The van der Waals surface area contributed by atoms with Crippen LogP contribution in [-0.2, 0) is 6.42 Å². The van der Waals surface area contributed by atoms with Crippen LogP contribution in [0.4, 0.5) is 4.39 Å². The van der Waals surface area contributed by atoms with Gasteiger partial charge in [-0.25, -0.2) is 4.39 Å². The Bertz CT molecular complexity index is 1070. The van der Waals surface area contributed by atoms with Gasteiger partial charge in [-0.2, -0.15) is 0 Å². The molecule has 1 aromatic heterocycles. The number of halogens is 1. The average Bonchev–Trinajstić information content (AvgIpc) is 2.62. The van der Waals surface area contributed by atoms with Gasteiger partial charge >= 0.3 is 0 Å². The summed E-state index contributed by atoms with van der Waals surface area (Å²) in [6, 6.07) is 21.6. The van der Waals surface area contributed by atoms with E-state index in [0.29, 0.717) is 5.56 Å². The van der Waals surface area contributed by atoms with Crippen LogP contribution >= 0.6 is 0 Å². The first-order valence-corrected chi connectivity index (χ1v) is 7.77. The molecule has 0 unspecified atom stereocenters. The Morgan fingerprint density at radius 3 is 2.33 bits per heavy atom. The SMILES string of the molecule is O=C(Cc1nc2ccccc2c2ccccc12)c1cccc(F)c1. The molecule has 116 valence electrons. The van der Waals surface area contributed by atoms with Crippen molar-refractivity contribution in [3.05, 3.63) is 89.9 Å². The van der Waals surface area contributed by atoms with Gasteiger partial charge in [0.15, 0.2) is 5.78 Å². The third kappa shape index (κ3) is 2.54. The van der Waals surface area contributed by atoms with Crippen molar-refractivity contribution in [3.8, 4) is 0 Å². The molecule has 0 spiro atoms. The van der Waals surface area contributed by atoms with Crippen molar-refractivity contribution < 1.29 is 9.18 Å². The molecule has 0 amide bonds. The van der Waals surface area contributed by atoms with Crippen LogP contribution in [0.1, 0.15) is 16.1 Å². The summed E-state index contributed by atoms with van der Waals surface area (Å²) in [7, 11) is 0. The number of carbonyl (C=O) groups excluding carboxylic acids is 1. The first kappa shape index (κ1) is 14.5. The molecule has 2 nitrogen and oxygen atoms in total. The Morgan fingerprint density at radius 2 is 1.54 bits per heavy atom. The molecule has 4 aromatic rings. The standard InChI is InChI=1S/C21H14FNO/c22-15-7-5-6-14(12-15)21(24)13-20-18-10-2-1-8-16(18)17-9-3-4-11-19(17)23-20/h1-12H,13H2. The molecule has 0 bridgehead atoms.